The second kappa shape index (κ2) is 5.18. The molecule has 1 heterocycles. The lowest BCUT2D eigenvalue weighted by atomic mass is 9.51. The molecule has 0 amide bonds. The van der Waals surface area contributed by atoms with Gasteiger partial charge in [0.2, 0.25) is 0 Å². The molecule has 7 rings (SSSR count). The van der Waals surface area contributed by atoms with Crippen LogP contribution in [0.15, 0.2) is 11.0 Å². The zero-order valence-electron chi connectivity index (χ0n) is 16.0. The standard InChI is InChI=1S/C22H28N2O3/c1-12(25)27-22-8-13-4-14(9-22)7-21(6-13,11-22)24-17-10-23-20(26)19-16-3-2-15(5-16)18(17)19/h10,13-16,24H,2-9,11H2,1H3,(H,23,26). The molecular formula is C22H28N2O3. The number of esters is 1. The number of fused-ring (bicyclic) bond motifs is 5. The maximum Gasteiger partial charge on any atom is 0.303 e. The fraction of sp³-hybridized carbons (Fsp3) is 0.727. The van der Waals surface area contributed by atoms with Gasteiger partial charge in [-0.1, -0.05) is 0 Å². The van der Waals surface area contributed by atoms with Gasteiger partial charge >= 0.3 is 5.97 Å². The van der Waals surface area contributed by atoms with Crippen LogP contribution >= 0.6 is 0 Å². The molecule has 6 bridgehead atoms. The van der Waals surface area contributed by atoms with E-state index in [-0.39, 0.29) is 22.7 Å². The summed E-state index contributed by atoms with van der Waals surface area (Å²) in [6, 6.07) is 0. The Balaban J connectivity index is 1.38. The summed E-state index contributed by atoms with van der Waals surface area (Å²) in [7, 11) is 0. The van der Waals surface area contributed by atoms with Crippen LogP contribution in [0.2, 0.25) is 0 Å². The summed E-state index contributed by atoms with van der Waals surface area (Å²) < 4.78 is 5.94. The summed E-state index contributed by atoms with van der Waals surface area (Å²) >= 11 is 0. The highest BCUT2D eigenvalue weighted by Crippen LogP contribution is 2.61. The molecule has 1 aromatic rings. The number of carbonyl (C=O) groups excluding carboxylic acids is 1. The topological polar surface area (TPSA) is 71.2 Å². The largest absolute Gasteiger partial charge is 0.459 e. The van der Waals surface area contributed by atoms with Gasteiger partial charge in [-0.15, -0.1) is 0 Å². The number of hydrogen-bond acceptors (Lipinski definition) is 4. The highest BCUT2D eigenvalue weighted by atomic mass is 16.6. The molecule has 5 saturated carbocycles. The zero-order chi connectivity index (χ0) is 18.4. The van der Waals surface area contributed by atoms with E-state index in [9.17, 15) is 9.59 Å². The van der Waals surface area contributed by atoms with E-state index in [1.807, 2.05) is 6.20 Å². The van der Waals surface area contributed by atoms with E-state index in [1.54, 1.807) is 6.92 Å². The van der Waals surface area contributed by atoms with Gasteiger partial charge in [-0.05, 0) is 80.6 Å². The third-order valence-corrected chi connectivity index (χ3v) is 8.19. The van der Waals surface area contributed by atoms with E-state index < -0.39 is 0 Å². The average Bonchev–Trinajstić information content (AvgIpc) is 3.17. The maximum absolute atomic E-state index is 12.4. The van der Waals surface area contributed by atoms with E-state index >= 15 is 0 Å². The number of aromatic nitrogens is 1. The average molecular weight is 368 g/mol. The van der Waals surface area contributed by atoms with Crippen LogP contribution < -0.4 is 10.9 Å². The van der Waals surface area contributed by atoms with Crippen molar-refractivity contribution in [1.29, 1.82) is 0 Å². The predicted molar refractivity (Wildman–Crippen MR) is 102 cm³/mol. The Labute approximate surface area is 159 Å². The lowest BCUT2D eigenvalue weighted by molar-refractivity contribution is -0.185. The molecule has 144 valence electrons. The van der Waals surface area contributed by atoms with Crippen molar-refractivity contribution in [3.63, 3.8) is 0 Å². The number of carbonyl (C=O) groups is 1. The van der Waals surface area contributed by atoms with Gasteiger partial charge in [0.1, 0.15) is 5.60 Å². The van der Waals surface area contributed by atoms with Crippen molar-refractivity contribution in [1.82, 2.24) is 4.98 Å². The van der Waals surface area contributed by atoms with Gasteiger partial charge < -0.3 is 15.0 Å². The van der Waals surface area contributed by atoms with Gasteiger partial charge in [0.15, 0.2) is 0 Å². The first-order chi connectivity index (χ1) is 12.9. The molecule has 0 aromatic carbocycles. The first kappa shape index (κ1) is 16.2. The van der Waals surface area contributed by atoms with Crippen molar-refractivity contribution < 1.29 is 9.53 Å². The van der Waals surface area contributed by atoms with Crippen LogP contribution in [0.4, 0.5) is 5.69 Å². The third-order valence-electron chi connectivity index (χ3n) is 8.19. The van der Waals surface area contributed by atoms with Crippen molar-refractivity contribution in [3.05, 3.63) is 27.7 Å². The van der Waals surface area contributed by atoms with Gasteiger partial charge in [0, 0.05) is 30.6 Å². The molecule has 5 nitrogen and oxygen atoms in total. The molecule has 4 unspecified atom stereocenters. The van der Waals surface area contributed by atoms with Crippen molar-refractivity contribution in [2.45, 2.75) is 87.7 Å². The first-order valence-corrected chi connectivity index (χ1v) is 10.7. The maximum atomic E-state index is 12.4. The van der Waals surface area contributed by atoms with Crippen molar-refractivity contribution in [3.8, 4) is 0 Å². The van der Waals surface area contributed by atoms with Crippen LogP contribution in [0.5, 0.6) is 0 Å². The lowest BCUT2D eigenvalue weighted by Crippen LogP contribution is -2.63. The molecule has 4 atom stereocenters. The lowest BCUT2D eigenvalue weighted by Gasteiger charge is -2.61. The summed E-state index contributed by atoms with van der Waals surface area (Å²) in [5, 5.41) is 3.94. The molecule has 0 aliphatic heterocycles. The molecule has 0 saturated heterocycles. The van der Waals surface area contributed by atoms with Crippen LogP contribution in [0.1, 0.15) is 87.7 Å². The summed E-state index contributed by atoms with van der Waals surface area (Å²) in [4.78, 5) is 27.2. The number of ether oxygens (including phenoxy) is 1. The second-order valence-electron chi connectivity index (χ2n) is 10.2. The molecule has 6 aliphatic carbocycles. The minimum Gasteiger partial charge on any atom is -0.459 e. The highest BCUT2D eigenvalue weighted by Gasteiger charge is 2.59. The Morgan fingerprint density at radius 2 is 1.81 bits per heavy atom. The molecule has 5 fully saturated rings. The predicted octanol–water partition coefficient (Wildman–Crippen LogP) is 3.81. The number of rotatable bonds is 3. The van der Waals surface area contributed by atoms with Crippen molar-refractivity contribution in [2.24, 2.45) is 11.8 Å². The Morgan fingerprint density at radius 3 is 2.52 bits per heavy atom. The van der Waals surface area contributed by atoms with E-state index in [2.05, 4.69) is 10.3 Å². The highest BCUT2D eigenvalue weighted by molar-refractivity contribution is 5.67. The molecule has 1 aromatic heterocycles. The number of hydrogen-bond donors (Lipinski definition) is 2. The van der Waals surface area contributed by atoms with Gasteiger partial charge in [-0.2, -0.15) is 0 Å². The van der Waals surface area contributed by atoms with Crippen LogP contribution in [0.3, 0.4) is 0 Å². The minimum absolute atomic E-state index is 0.00732. The minimum atomic E-state index is -0.271. The molecule has 5 heteroatoms. The van der Waals surface area contributed by atoms with E-state index in [0.717, 1.165) is 56.2 Å². The monoisotopic (exact) mass is 368 g/mol. The second-order valence-corrected chi connectivity index (χ2v) is 10.2. The third kappa shape index (κ3) is 2.29. The van der Waals surface area contributed by atoms with Gasteiger partial charge in [0.05, 0.1) is 5.69 Å². The van der Waals surface area contributed by atoms with Crippen molar-refractivity contribution in [2.75, 3.05) is 5.32 Å². The van der Waals surface area contributed by atoms with Crippen LogP contribution in [-0.2, 0) is 9.53 Å². The summed E-state index contributed by atoms with van der Waals surface area (Å²) in [6.07, 6.45) is 12.0. The van der Waals surface area contributed by atoms with Gasteiger partial charge in [0.25, 0.3) is 5.56 Å². The number of aromatic amines is 1. The Morgan fingerprint density at radius 1 is 1.11 bits per heavy atom. The normalized spacial score (nSPS) is 43.0. The molecule has 2 N–H and O–H groups in total. The van der Waals surface area contributed by atoms with Crippen LogP contribution in [0, 0.1) is 11.8 Å². The van der Waals surface area contributed by atoms with Crippen molar-refractivity contribution >= 4 is 11.7 Å². The van der Waals surface area contributed by atoms with Gasteiger partial charge in [-0.3, -0.25) is 9.59 Å². The Hall–Kier alpha value is -1.78. The van der Waals surface area contributed by atoms with E-state index in [1.165, 1.54) is 18.4 Å². The van der Waals surface area contributed by atoms with Gasteiger partial charge in [-0.25, -0.2) is 0 Å². The van der Waals surface area contributed by atoms with E-state index in [0.29, 0.717) is 23.7 Å². The van der Waals surface area contributed by atoms with E-state index in [4.69, 9.17) is 4.74 Å². The number of anilines is 1. The first-order valence-electron chi connectivity index (χ1n) is 10.7. The number of pyridine rings is 1. The zero-order valence-corrected chi connectivity index (χ0v) is 16.0. The molecule has 0 spiro atoms. The SMILES string of the molecule is CC(=O)OC12CC3CC(CC(Nc4c[nH]c(=O)c5c4C4CCC5C4)(C3)C1)C2. The fourth-order valence-corrected chi connectivity index (χ4v) is 8.05. The quantitative estimate of drug-likeness (QED) is 0.796. The summed E-state index contributed by atoms with van der Waals surface area (Å²) in [5.41, 5.74) is 3.35. The summed E-state index contributed by atoms with van der Waals surface area (Å²) in [5.74, 6) is 2.15. The fourth-order valence-electron chi connectivity index (χ4n) is 8.05. The summed E-state index contributed by atoms with van der Waals surface area (Å²) in [6.45, 7) is 1.55. The molecule has 6 aliphatic rings. The smallest absolute Gasteiger partial charge is 0.303 e. The molecular weight excluding hydrogens is 340 g/mol. The molecule has 0 radical (unpaired) electrons. The Bertz CT molecular complexity index is 874. The molecule has 27 heavy (non-hydrogen) atoms. The van der Waals surface area contributed by atoms with Crippen LogP contribution in [-0.4, -0.2) is 22.1 Å². The Kier molecular flexibility index (Phi) is 3.11. The number of nitrogens with one attached hydrogen (secondary N) is 2. The number of H-pyrrole nitrogens is 1. The van der Waals surface area contributed by atoms with Crippen LogP contribution in [0.25, 0.3) is 0 Å².